The van der Waals surface area contributed by atoms with Crippen molar-refractivity contribution in [2.75, 3.05) is 46.4 Å². The predicted molar refractivity (Wildman–Crippen MR) is 120 cm³/mol. The highest BCUT2D eigenvalue weighted by molar-refractivity contribution is 6.31. The van der Waals surface area contributed by atoms with Gasteiger partial charge in [-0.2, -0.15) is 0 Å². The first kappa shape index (κ1) is 22.5. The van der Waals surface area contributed by atoms with Crippen molar-refractivity contribution in [1.82, 2.24) is 29.9 Å². The molecule has 1 fully saturated rings. The molecule has 1 aliphatic heterocycles. The van der Waals surface area contributed by atoms with Gasteiger partial charge in [0.1, 0.15) is 12.4 Å². The minimum Gasteiger partial charge on any atom is -0.379 e. The minimum atomic E-state index is 0.468. The van der Waals surface area contributed by atoms with Crippen LogP contribution in [0, 0.1) is 6.92 Å². The van der Waals surface area contributed by atoms with Crippen molar-refractivity contribution >= 4 is 17.6 Å². The Labute approximate surface area is 183 Å². The van der Waals surface area contributed by atoms with Crippen LogP contribution in [-0.4, -0.2) is 77.0 Å². The van der Waals surface area contributed by atoms with Gasteiger partial charge in [0, 0.05) is 45.3 Å². The fourth-order valence-corrected chi connectivity index (χ4v) is 3.53. The Bertz CT molecular complexity index is 833. The van der Waals surface area contributed by atoms with Crippen molar-refractivity contribution in [2.24, 2.45) is 12.0 Å². The summed E-state index contributed by atoms with van der Waals surface area (Å²) in [5.74, 6) is 2.55. The number of rotatable bonds is 8. The molecule has 1 aromatic heterocycles. The van der Waals surface area contributed by atoms with E-state index in [2.05, 4.69) is 25.3 Å². The smallest absolute Gasteiger partial charge is 0.194 e. The number of morpholine rings is 1. The summed E-state index contributed by atoms with van der Waals surface area (Å²) in [5, 5.41) is 12.6. The second kappa shape index (κ2) is 11.3. The van der Waals surface area contributed by atoms with Gasteiger partial charge in [-0.05, 0) is 31.5 Å². The maximum Gasteiger partial charge on any atom is 0.194 e. The molecule has 0 radical (unpaired) electrons. The standard InChI is InChI=1S/C21H32ClN7O/c1-17-25-26-20(28(17)3)15-24-21(23-9-6-10-29-11-13-30-14-12-29)27(2)16-18-7-4-5-8-19(18)22/h4-5,7-8H,6,9-16H2,1-3H3,(H,23,24). The van der Waals surface area contributed by atoms with Gasteiger partial charge in [0.15, 0.2) is 11.8 Å². The molecule has 2 heterocycles. The molecule has 0 aliphatic carbocycles. The van der Waals surface area contributed by atoms with Crippen molar-refractivity contribution in [2.45, 2.75) is 26.4 Å². The fraction of sp³-hybridized carbons (Fsp3) is 0.571. The SMILES string of the molecule is Cc1nnc(CN=C(NCCCN2CCOCC2)N(C)Cc2ccccc2Cl)n1C. The predicted octanol–water partition coefficient (Wildman–Crippen LogP) is 2.08. The van der Waals surface area contributed by atoms with Gasteiger partial charge in [-0.3, -0.25) is 4.90 Å². The van der Waals surface area contributed by atoms with E-state index in [1.165, 1.54) is 0 Å². The summed E-state index contributed by atoms with van der Waals surface area (Å²) in [4.78, 5) is 9.35. The average Bonchev–Trinajstić information content (AvgIpc) is 3.07. The lowest BCUT2D eigenvalue weighted by Crippen LogP contribution is -2.41. The van der Waals surface area contributed by atoms with Crippen molar-refractivity contribution in [3.63, 3.8) is 0 Å². The van der Waals surface area contributed by atoms with Crippen molar-refractivity contribution in [3.05, 3.63) is 46.5 Å². The number of aryl methyl sites for hydroxylation is 1. The van der Waals surface area contributed by atoms with Crippen LogP contribution in [0.25, 0.3) is 0 Å². The first-order valence-electron chi connectivity index (χ1n) is 10.4. The van der Waals surface area contributed by atoms with Gasteiger partial charge in [-0.15, -0.1) is 10.2 Å². The molecule has 0 atom stereocenters. The monoisotopic (exact) mass is 433 g/mol. The van der Waals surface area contributed by atoms with E-state index in [9.17, 15) is 0 Å². The van der Waals surface area contributed by atoms with E-state index in [0.29, 0.717) is 13.1 Å². The van der Waals surface area contributed by atoms with Gasteiger partial charge < -0.3 is 19.5 Å². The molecule has 164 valence electrons. The Morgan fingerprint density at radius 2 is 2.03 bits per heavy atom. The number of hydrogen-bond donors (Lipinski definition) is 1. The first-order valence-corrected chi connectivity index (χ1v) is 10.8. The molecule has 1 N–H and O–H groups in total. The Balaban J connectivity index is 1.61. The number of nitrogens with zero attached hydrogens (tertiary/aromatic N) is 6. The molecule has 0 amide bonds. The second-order valence-electron chi connectivity index (χ2n) is 7.54. The summed E-state index contributed by atoms with van der Waals surface area (Å²) in [7, 11) is 3.99. The van der Waals surface area contributed by atoms with Crippen LogP contribution < -0.4 is 5.32 Å². The highest BCUT2D eigenvalue weighted by Gasteiger charge is 2.12. The summed E-state index contributed by atoms with van der Waals surface area (Å²) < 4.78 is 7.39. The van der Waals surface area contributed by atoms with E-state index in [0.717, 1.165) is 74.0 Å². The fourth-order valence-electron chi connectivity index (χ4n) is 3.33. The second-order valence-corrected chi connectivity index (χ2v) is 7.95. The number of guanidine groups is 1. The maximum atomic E-state index is 6.36. The lowest BCUT2D eigenvalue weighted by atomic mass is 10.2. The number of hydrogen-bond acceptors (Lipinski definition) is 5. The Kier molecular flexibility index (Phi) is 8.48. The van der Waals surface area contributed by atoms with Crippen molar-refractivity contribution in [1.29, 1.82) is 0 Å². The molecule has 9 heteroatoms. The topological polar surface area (TPSA) is 70.8 Å². The van der Waals surface area contributed by atoms with Crippen LogP contribution in [0.3, 0.4) is 0 Å². The Hall–Kier alpha value is -2.16. The van der Waals surface area contributed by atoms with Gasteiger partial charge in [-0.1, -0.05) is 29.8 Å². The number of aliphatic imine (C=N–C) groups is 1. The van der Waals surface area contributed by atoms with Gasteiger partial charge in [0.05, 0.1) is 13.2 Å². The number of aromatic nitrogens is 3. The summed E-state index contributed by atoms with van der Waals surface area (Å²) >= 11 is 6.36. The summed E-state index contributed by atoms with van der Waals surface area (Å²) in [5.41, 5.74) is 1.07. The Morgan fingerprint density at radius 1 is 1.27 bits per heavy atom. The van der Waals surface area contributed by atoms with E-state index in [1.807, 2.05) is 49.9 Å². The van der Waals surface area contributed by atoms with Gasteiger partial charge in [-0.25, -0.2) is 4.99 Å². The molecule has 1 saturated heterocycles. The molecule has 1 aromatic carbocycles. The van der Waals surface area contributed by atoms with Crippen LogP contribution in [0.5, 0.6) is 0 Å². The molecular formula is C21H32ClN7O. The molecular weight excluding hydrogens is 402 g/mol. The number of halogens is 1. The van der Waals surface area contributed by atoms with Crippen LogP contribution in [0.4, 0.5) is 0 Å². The summed E-state index contributed by atoms with van der Waals surface area (Å²) in [6.07, 6.45) is 1.04. The number of ether oxygens (including phenoxy) is 1. The largest absolute Gasteiger partial charge is 0.379 e. The lowest BCUT2D eigenvalue weighted by molar-refractivity contribution is 0.0375. The molecule has 0 saturated carbocycles. The number of nitrogens with one attached hydrogen (secondary N) is 1. The van der Waals surface area contributed by atoms with E-state index in [-0.39, 0.29) is 0 Å². The zero-order valence-corrected chi connectivity index (χ0v) is 18.9. The van der Waals surface area contributed by atoms with Crippen LogP contribution in [0.15, 0.2) is 29.3 Å². The van der Waals surface area contributed by atoms with Gasteiger partial charge in [0.2, 0.25) is 0 Å². The first-order chi connectivity index (χ1) is 14.5. The van der Waals surface area contributed by atoms with Crippen molar-refractivity contribution in [3.8, 4) is 0 Å². The molecule has 8 nitrogen and oxygen atoms in total. The van der Waals surface area contributed by atoms with E-state index >= 15 is 0 Å². The zero-order valence-electron chi connectivity index (χ0n) is 18.1. The van der Waals surface area contributed by atoms with E-state index in [4.69, 9.17) is 21.3 Å². The Morgan fingerprint density at radius 3 is 2.73 bits per heavy atom. The maximum absolute atomic E-state index is 6.36. The van der Waals surface area contributed by atoms with E-state index < -0.39 is 0 Å². The van der Waals surface area contributed by atoms with Gasteiger partial charge >= 0.3 is 0 Å². The molecule has 0 bridgehead atoms. The number of benzene rings is 1. The highest BCUT2D eigenvalue weighted by atomic mass is 35.5. The third-order valence-corrected chi connectivity index (χ3v) is 5.69. The zero-order chi connectivity index (χ0) is 21.3. The molecule has 0 unspecified atom stereocenters. The van der Waals surface area contributed by atoms with Crippen molar-refractivity contribution < 1.29 is 4.74 Å². The van der Waals surface area contributed by atoms with Crippen LogP contribution in [-0.2, 0) is 24.9 Å². The average molecular weight is 434 g/mol. The third-order valence-electron chi connectivity index (χ3n) is 5.32. The third kappa shape index (κ3) is 6.42. The van der Waals surface area contributed by atoms with Crippen LogP contribution >= 0.6 is 11.6 Å². The normalized spacial score (nSPS) is 15.4. The molecule has 3 rings (SSSR count). The highest BCUT2D eigenvalue weighted by Crippen LogP contribution is 2.16. The summed E-state index contributed by atoms with van der Waals surface area (Å²) in [6, 6.07) is 7.91. The molecule has 30 heavy (non-hydrogen) atoms. The molecule has 1 aliphatic rings. The van der Waals surface area contributed by atoms with Crippen LogP contribution in [0.2, 0.25) is 5.02 Å². The molecule has 0 spiro atoms. The lowest BCUT2D eigenvalue weighted by Gasteiger charge is -2.27. The van der Waals surface area contributed by atoms with E-state index in [1.54, 1.807) is 0 Å². The molecule has 2 aromatic rings. The summed E-state index contributed by atoms with van der Waals surface area (Å²) in [6.45, 7) is 8.67. The van der Waals surface area contributed by atoms with Crippen LogP contribution in [0.1, 0.15) is 23.6 Å². The minimum absolute atomic E-state index is 0.468. The quantitative estimate of drug-likeness (QED) is 0.390. The van der Waals surface area contributed by atoms with Gasteiger partial charge in [0.25, 0.3) is 0 Å².